The molecule has 0 aromatic heterocycles. The van der Waals surface area contributed by atoms with Gasteiger partial charge in [-0.3, -0.25) is 0 Å². The molecular formula is C59H100O27. The van der Waals surface area contributed by atoms with Crippen molar-refractivity contribution in [3.8, 4) is 0 Å². The number of hydrogen-bond donors (Lipinski definition) is 17. The number of hydrogen-bond acceptors (Lipinski definition) is 27. The van der Waals surface area contributed by atoms with Crippen molar-refractivity contribution >= 4 is 0 Å². The lowest BCUT2D eigenvalue weighted by atomic mass is 9.35. The molecule has 27 heteroatoms. The molecule has 0 bridgehead atoms. The second-order valence-corrected chi connectivity index (χ2v) is 28.1. The molecule has 0 radical (unpaired) electrons. The van der Waals surface area contributed by atoms with Crippen LogP contribution in [0.5, 0.6) is 0 Å². The normalized spacial score (nSPS) is 52.8. The molecule has 5 heterocycles. The highest BCUT2D eigenvalue weighted by atomic mass is 16.8. The van der Waals surface area contributed by atoms with Gasteiger partial charge in [-0.05, 0) is 124 Å². The number of aliphatic hydroxyl groups excluding tert-OH is 17. The van der Waals surface area contributed by atoms with Crippen molar-refractivity contribution < 1.29 is 134 Å². The molecular weight excluding hydrogens is 1140 g/mol. The van der Waals surface area contributed by atoms with Crippen molar-refractivity contribution in [2.45, 2.75) is 278 Å². The Morgan fingerprint density at radius 2 is 0.953 bits per heavy atom. The van der Waals surface area contributed by atoms with Gasteiger partial charge in [-0.15, -0.1) is 0 Å². The predicted octanol–water partition coefficient (Wildman–Crippen LogP) is -3.74. The van der Waals surface area contributed by atoms with Crippen molar-refractivity contribution in [2.24, 2.45) is 45.3 Å². The molecule has 9 aliphatic rings. The van der Waals surface area contributed by atoms with Crippen LogP contribution >= 0.6 is 0 Å². The third kappa shape index (κ3) is 12.2. The zero-order valence-electron chi connectivity index (χ0n) is 50.5. The van der Waals surface area contributed by atoms with E-state index in [4.69, 9.17) is 47.4 Å². The van der Waals surface area contributed by atoms with E-state index in [0.29, 0.717) is 44.9 Å². The van der Waals surface area contributed by atoms with E-state index >= 15 is 0 Å². The van der Waals surface area contributed by atoms with E-state index in [1.54, 1.807) is 0 Å². The minimum atomic E-state index is -1.92. The van der Waals surface area contributed by atoms with Gasteiger partial charge in [-0.25, -0.2) is 0 Å². The first kappa shape index (κ1) is 69.0. The summed E-state index contributed by atoms with van der Waals surface area (Å²) in [5.41, 5.74) is -1.95. The molecule has 5 saturated heterocycles. The topological polar surface area (TPSA) is 436 Å². The van der Waals surface area contributed by atoms with E-state index in [0.717, 1.165) is 18.4 Å². The maximum absolute atomic E-state index is 13.0. The van der Waals surface area contributed by atoms with E-state index in [2.05, 4.69) is 40.7 Å². The SMILES string of the molecule is CC(C)=CCC[C@](C)(O[C@@H]1O[C@H](CO[C@@H]2O[C@@H](CO)[C@H](O)[C@H]2O)[C@@H](O[C@H]2O[C@H](CO)[C@@H](O)[C@H](O)[C@H]2O)[C@H](O)[C@H]1O)[C@H]1CC[C@]2(C)[C@@H]1[C@H](O)C[C@@H]1[C@@]3(C)CC[C@H](O[C@@H]4O[C@H](CO)[C@@H](O)[C@H](O)[C@H]4O[C@H]4O[C@H](CO)[C@@H](O)[C@H](O)[C@H]4O)C(C)(C)[C@@H]3CC[C@]12C. The molecule has 0 aromatic rings. The van der Waals surface area contributed by atoms with Crippen LogP contribution < -0.4 is 0 Å². The number of ether oxygens (including phenoxy) is 10. The van der Waals surface area contributed by atoms with Crippen molar-refractivity contribution in [3.63, 3.8) is 0 Å². The van der Waals surface area contributed by atoms with E-state index < -0.39 is 209 Å². The van der Waals surface area contributed by atoms with Gasteiger partial charge in [-0.1, -0.05) is 46.3 Å². The lowest BCUT2D eigenvalue weighted by Crippen LogP contribution is -2.68. The Morgan fingerprint density at radius 3 is 1.51 bits per heavy atom. The molecule has 0 spiro atoms. The maximum atomic E-state index is 13.0. The quantitative estimate of drug-likeness (QED) is 0.0436. The van der Waals surface area contributed by atoms with Crippen LogP contribution in [-0.2, 0) is 47.4 Å². The fourth-order valence-electron chi connectivity index (χ4n) is 17.5. The molecule has 498 valence electrons. The van der Waals surface area contributed by atoms with Crippen molar-refractivity contribution in [1.82, 2.24) is 0 Å². The summed E-state index contributed by atoms with van der Waals surface area (Å²) in [6.45, 7) is 13.6. The third-order valence-corrected chi connectivity index (χ3v) is 22.7. The summed E-state index contributed by atoms with van der Waals surface area (Å²) in [4.78, 5) is 0. The van der Waals surface area contributed by atoms with Gasteiger partial charge >= 0.3 is 0 Å². The van der Waals surface area contributed by atoms with Crippen LogP contribution in [0.1, 0.15) is 113 Å². The standard InChI is InChI=1S/C59H100O27/c1-24(2)10-9-14-59(8,86-53-47(76)43(72)48(84-51-45(74)40(69)36(65)27(19-60)79-51)31(82-53)23-77-50-44(73)39(68)30(22-63)78-50)25-11-16-58(7)35(25)26(64)18-33-56(5)15-13-34(55(3,4)32(56)12-17-57(33,58)6)83-54-49(42(71)38(67)29(21-62)81-54)85-52-46(75)41(70)37(66)28(20-61)80-52/h10,25-54,60-76H,9,11-23H2,1-8H3/t25-,26+,27+,28+,29+,30-,31+,32-,33+,34-,35-,36+,37+,38+,39-,40-,41-,42-,43+,44+,45+,46+,47+,48+,49+,50+,51+,52+,53-,54-,56-,57+,58+,59-/m0/s1. The van der Waals surface area contributed by atoms with E-state index in [-0.39, 0.29) is 34.5 Å². The van der Waals surface area contributed by atoms with Gasteiger partial charge in [0.2, 0.25) is 0 Å². The lowest BCUT2D eigenvalue weighted by molar-refractivity contribution is -0.379. The van der Waals surface area contributed by atoms with Gasteiger partial charge in [0, 0.05) is 0 Å². The Bertz CT molecular complexity index is 2260. The predicted molar refractivity (Wildman–Crippen MR) is 293 cm³/mol. The summed E-state index contributed by atoms with van der Waals surface area (Å²) in [7, 11) is 0. The van der Waals surface area contributed by atoms with Crippen molar-refractivity contribution in [1.29, 1.82) is 0 Å². The fourth-order valence-corrected chi connectivity index (χ4v) is 17.5. The monoisotopic (exact) mass is 1240 g/mol. The Hall–Kier alpha value is -1.34. The summed E-state index contributed by atoms with van der Waals surface area (Å²) in [6, 6.07) is 0. The van der Waals surface area contributed by atoms with Gasteiger partial charge in [0.1, 0.15) is 116 Å². The van der Waals surface area contributed by atoms with Crippen LogP contribution in [0.3, 0.4) is 0 Å². The van der Waals surface area contributed by atoms with Gasteiger partial charge < -0.3 is 134 Å². The van der Waals surface area contributed by atoms with Gasteiger partial charge in [0.25, 0.3) is 0 Å². The zero-order chi connectivity index (χ0) is 63.1. The molecule has 9 rings (SSSR count). The van der Waals surface area contributed by atoms with Crippen molar-refractivity contribution in [2.75, 3.05) is 33.0 Å². The number of allylic oxidation sites excluding steroid dienone is 2. The van der Waals surface area contributed by atoms with E-state index in [1.807, 2.05) is 20.8 Å². The Kier molecular flexibility index (Phi) is 21.3. The minimum Gasteiger partial charge on any atom is -0.394 e. The summed E-state index contributed by atoms with van der Waals surface area (Å²) < 4.78 is 61.3. The first-order chi connectivity index (χ1) is 40.4. The minimum absolute atomic E-state index is 0.00178. The Balaban J connectivity index is 0.957. The second kappa shape index (κ2) is 26.6. The van der Waals surface area contributed by atoms with Crippen LogP contribution in [0, 0.1) is 45.3 Å². The Morgan fingerprint density at radius 1 is 0.488 bits per heavy atom. The van der Waals surface area contributed by atoms with E-state index in [9.17, 15) is 86.8 Å². The molecule has 4 saturated carbocycles. The summed E-state index contributed by atoms with van der Waals surface area (Å²) >= 11 is 0. The highest BCUT2D eigenvalue weighted by Gasteiger charge is 2.72. The largest absolute Gasteiger partial charge is 0.394 e. The summed E-state index contributed by atoms with van der Waals surface area (Å²) in [5.74, 6) is -0.718. The van der Waals surface area contributed by atoms with Crippen LogP contribution in [-0.4, -0.2) is 285 Å². The summed E-state index contributed by atoms with van der Waals surface area (Å²) in [6.07, 6.45) is -33.1. The average Bonchev–Trinajstić information content (AvgIpc) is 1.26. The van der Waals surface area contributed by atoms with Gasteiger partial charge in [-0.2, -0.15) is 0 Å². The lowest BCUT2D eigenvalue weighted by Gasteiger charge is -2.71. The fraction of sp³-hybridized carbons (Fsp3) is 0.966. The van der Waals surface area contributed by atoms with Gasteiger partial charge in [0.05, 0.1) is 50.8 Å². The number of fused-ring (bicyclic) bond motifs is 5. The molecule has 0 amide bonds. The van der Waals surface area contributed by atoms with Crippen LogP contribution in [0.15, 0.2) is 11.6 Å². The average molecular weight is 1240 g/mol. The smallest absolute Gasteiger partial charge is 0.187 e. The van der Waals surface area contributed by atoms with Crippen molar-refractivity contribution in [3.05, 3.63) is 11.6 Å². The summed E-state index contributed by atoms with van der Waals surface area (Å²) in [5, 5.41) is 185. The first-order valence-electron chi connectivity index (χ1n) is 30.8. The molecule has 4 aliphatic carbocycles. The molecule has 0 aromatic carbocycles. The number of rotatable bonds is 19. The molecule has 34 atom stereocenters. The van der Waals surface area contributed by atoms with Crippen LogP contribution in [0.4, 0.5) is 0 Å². The second-order valence-electron chi connectivity index (χ2n) is 28.1. The van der Waals surface area contributed by atoms with Crippen LogP contribution in [0.2, 0.25) is 0 Å². The molecule has 17 N–H and O–H groups in total. The first-order valence-corrected chi connectivity index (χ1v) is 30.8. The molecule has 86 heavy (non-hydrogen) atoms. The molecule has 5 aliphatic heterocycles. The Labute approximate surface area is 501 Å². The maximum Gasteiger partial charge on any atom is 0.187 e. The third-order valence-electron chi connectivity index (χ3n) is 22.7. The molecule has 0 unspecified atom stereocenters. The van der Waals surface area contributed by atoms with Crippen LogP contribution in [0.25, 0.3) is 0 Å². The number of aliphatic hydroxyl groups is 17. The molecule has 27 nitrogen and oxygen atoms in total. The highest BCUT2D eigenvalue weighted by molar-refractivity contribution is 5.21. The zero-order valence-corrected chi connectivity index (χ0v) is 50.5. The molecule has 9 fully saturated rings. The van der Waals surface area contributed by atoms with E-state index in [1.165, 1.54) is 0 Å². The highest BCUT2D eigenvalue weighted by Crippen LogP contribution is 2.76. The van der Waals surface area contributed by atoms with Gasteiger partial charge in [0.15, 0.2) is 31.5 Å².